The van der Waals surface area contributed by atoms with Gasteiger partial charge < -0.3 is 25.3 Å². The molecule has 3 amide bonds. The summed E-state index contributed by atoms with van der Waals surface area (Å²) in [6.45, 7) is 0. The van der Waals surface area contributed by atoms with E-state index < -0.39 is 18.1 Å². The second-order valence-electron chi connectivity index (χ2n) is 7.92. The molecule has 0 bridgehead atoms. The molecule has 8 heteroatoms. The minimum absolute atomic E-state index is 0.351. The highest BCUT2D eigenvalue weighted by molar-refractivity contribution is 5.97. The molecule has 1 aromatic heterocycles. The van der Waals surface area contributed by atoms with Gasteiger partial charge in [0.15, 0.2) is 0 Å². The lowest BCUT2D eigenvalue weighted by atomic mass is 10.1. The molecule has 2 atom stereocenters. The van der Waals surface area contributed by atoms with E-state index in [1.54, 1.807) is 37.6 Å². The van der Waals surface area contributed by atoms with Crippen molar-refractivity contribution in [3.05, 3.63) is 114 Å². The maximum Gasteiger partial charge on any atom is 0.316 e. The van der Waals surface area contributed by atoms with Gasteiger partial charge >= 0.3 is 6.03 Å². The van der Waals surface area contributed by atoms with Gasteiger partial charge in [0.05, 0.1) is 7.11 Å². The van der Waals surface area contributed by atoms with Gasteiger partial charge in [-0.3, -0.25) is 4.79 Å². The number of anilines is 1. The van der Waals surface area contributed by atoms with E-state index in [4.69, 9.17) is 4.74 Å². The summed E-state index contributed by atoms with van der Waals surface area (Å²) in [6.07, 6.45) is 3.48. The van der Waals surface area contributed by atoms with E-state index in [0.717, 1.165) is 5.56 Å². The minimum Gasteiger partial charge on any atom is -0.497 e. The number of carbonyl (C=O) groups is 2. The first-order chi connectivity index (χ1) is 17.0. The number of benzene rings is 3. The fourth-order valence-corrected chi connectivity index (χ4v) is 3.73. The van der Waals surface area contributed by atoms with Gasteiger partial charge in [-0.15, -0.1) is 0 Å². The maximum absolute atomic E-state index is 13.2. The third-order valence-corrected chi connectivity index (χ3v) is 5.55. The molecule has 3 aromatic carbocycles. The van der Waals surface area contributed by atoms with Gasteiger partial charge in [0, 0.05) is 25.1 Å². The maximum atomic E-state index is 13.2. The van der Waals surface area contributed by atoms with Crippen LogP contribution in [0.3, 0.4) is 0 Å². The Bertz CT molecular complexity index is 1260. The molecule has 4 rings (SSSR count). The third kappa shape index (κ3) is 5.86. The van der Waals surface area contributed by atoms with Crippen LogP contribution in [0.25, 0.3) is 0 Å². The third-order valence-electron chi connectivity index (χ3n) is 5.55. The van der Waals surface area contributed by atoms with Crippen molar-refractivity contribution in [3.63, 3.8) is 0 Å². The lowest BCUT2D eigenvalue weighted by Crippen LogP contribution is -2.44. The SMILES string of the molecule is COc1ccc(C(NC(=O)NC(C(=O)Nc2ccccc2)c2ccccc2)c2nccn2C)cc1. The van der Waals surface area contributed by atoms with Crippen molar-refractivity contribution in [1.82, 2.24) is 20.2 Å². The number of hydrogen-bond acceptors (Lipinski definition) is 4. The summed E-state index contributed by atoms with van der Waals surface area (Å²) in [5.41, 5.74) is 2.12. The van der Waals surface area contributed by atoms with Crippen LogP contribution in [0.2, 0.25) is 0 Å². The van der Waals surface area contributed by atoms with Crippen LogP contribution >= 0.6 is 0 Å². The minimum atomic E-state index is -0.908. The first-order valence-electron chi connectivity index (χ1n) is 11.1. The van der Waals surface area contributed by atoms with Crippen LogP contribution < -0.4 is 20.7 Å². The Hall–Kier alpha value is -4.59. The number of aryl methyl sites for hydroxylation is 1. The first kappa shape index (κ1) is 23.6. The average molecular weight is 470 g/mol. The number of ether oxygens (including phenoxy) is 1. The molecule has 0 aliphatic carbocycles. The van der Waals surface area contributed by atoms with Crippen LogP contribution in [0.15, 0.2) is 97.3 Å². The van der Waals surface area contributed by atoms with E-state index in [-0.39, 0.29) is 5.91 Å². The number of para-hydroxylation sites is 1. The lowest BCUT2D eigenvalue weighted by molar-refractivity contribution is -0.118. The van der Waals surface area contributed by atoms with Crippen molar-refractivity contribution < 1.29 is 14.3 Å². The molecule has 0 fully saturated rings. The van der Waals surface area contributed by atoms with Crippen LogP contribution in [0.5, 0.6) is 5.75 Å². The monoisotopic (exact) mass is 469 g/mol. The quantitative estimate of drug-likeness (QED) is 0.360. The van der Waals surface area contributed by atoms with Crippen molar-refractivity contribution in [2.24, 2.45) is 7.05 Å². The standard InChI is InChI=1S/C27H27N5O3/c1-32-18-17-28-25(32)23(20-13-15-22(35-2)16-14-20)30-27(34)31-24(19-9-5-3-6-10-19)26(33)29-21-11-7-4-8-12-21/h3-18,23-24H,1-2H3,(H,29,33)(H2,30,31,34). The number of rotatable bonds is 8. The van der Waals surface area contributed by atoms with Crippen LogP contribution in [0.1, 0.15) is 29.0 Å². The number of hydrogen-bond donors (Lipinski definition) is 3. The largest absolute Gasteiger partial charge is 0.497 e. The lowest BCUT2D eigenvalue weighted by Gasteiger charge is -2.23. The van der Waals surface area contributed by atoms with Gasteiger partial charge in [-0.05, 0) is 35.4 Å². The average Bonchev–Trinajstić information content (AvgIpc) is 3.32. The Kier molecular flexibility index (Phi) is 7.42. The van der Waals surface area contributed by atoms with Crippen molar-refractivity contribution >= 4 is 17.6 Å². The molecule has 0 saturated heterocycles. The highest BCUT2D eigenvalue weighted by atomic mass is 16.5. The normalized spacial score (nSPS) is 12.3. The van der Waals surface area contributed by atoms with Crippen molar-refractivity contribution in [2.75, 3.05) is 12.4 Å². The number of imidazole rings is 1. The summed E-state index contributed by atoms with van der Waals surface area (Å²) >= 11 is 0. The molecular formula is C27H27N5O3. The molecule has 3 N–H and O–H groups in total. The van der Waals surface area contributed by atoms with E-state index in [2.05, 4.69) is 20.9 Å². The molecule has 0 aliphatic rings. The number of nitrogens with zero attached hydrogens (tertiary/aromatic N) is 2. The van der Waals surface area contributed by atoms with E-state index in [1.165, 1.54) is 0 Å². The molecule has 0 radical (unpaired) electrons. The topological polar surface area (TPSA) is 97.3 Å². The Morgan fingerprint density at radius 3 is 2.11 bits per heavy atom. The number of carbonyl (C=O) groups excluding carboxylic acids is 2. The number of urea groups is 1. The summed E-state index contributed by atoms with van der Waals surface area (Å²) in [7, 11) is 3.46. The molecule has 4 aromatic rings. The zero-order valence-corrected chi connectivity index (χ0v) is 19.5. The van der Waals surface area contributed by atoms with Crippen LogP contribution in [-0.2, 0) is 11.8 Å². The molecular weight excluding hydrogens is 442 g/mol. The fraction of sp³-hybridized carbons (Fsp3) is 0.148. The number of methoxy groups -OCH3 is 1. The highest BCUT2D eigenvalue weighted by Gasteiger charge is 2.26. The predicted molar refractivity (Wildman–Crippen MR) is 134 cm³/mol. The Balaban J connectivity index is 1.57. The van der Waals surface area contributed by atoms with E-state index in [1.807, 2.05) is 78.5 Å². The van der Waals surface area contributed by atoms with E-state index >= 15 is 0 Å². The van der Waals surface area contributed by atoms with Gasteiger partial charge in [-0.25, -0.2) is 9.78 Å². The summed E-state index contributed by atoms with van der Waals surface area (Å²) in [5, 5.41) is 8.68. The van der Waals surface area contributed by atoms with Gasteiger partial charge in [0.2, 0.25) is 0 Å². The van der Waals surface area contributed by atoms with Crippen LogP contribution in [0, 0.1) is 0 Å². The second kappa shape index (κ2) is 11.0. The molecule has 8 nitrogen and oxygen atoms in total. The predicted octanol–water partition coefficient (Wildman–Crippen LogP) is 4.20. The molecule has 0 spiro atoms. The summed E-state index contributed by atoms with van der Waals surface area (Å²) in [5.74, 6) is 1.00. The number of nitrogens with one attached hydrogen (secondary N) is 3. The van der Waals surface area contributed by atoms with Crippen LogP contribution in [-0.4, -0.2) is 28.6 Å². The Morgan fingerprint density at radius 2 is 1.51 bits per heavy atom. The van der Waals surface area contributed by atoms with Crippen molar-refractivity contribution in [3.8, 4) is 5.75 Å². The van der Waals surface area contributed by atoms with Crippen molar-refractivity contribution in [2.45, 2.75) is 12.1 Å². The summed E-state index contributed by atoms with van der Waals surface area (Å²) in [6, 6.07) is 23.7. The molecule has 0 aliphatic heterocycles. The summed E-state index contributed by atoms with van der Waals surface area (Å²) in [4.78, 5) is 30.8. The number of aromatic nitrogens is 2. The molecule has 35 heavy (non-hydrogen) atoms. The molecule has 178 valence electrons. The Morgan fingerprint density at radius 1 is 0.857 bits per heavy atom. The smallest absolute Gasteiger partial charge is 0.316 e. The van der Waals surface area contributed by atoms with Crippen molar-refractivity contribution in [1.29, 1.82) is 0 Å². The van der Waals surface area contributed by atoms with Gasteiger partial charge in [-0.1, -0.05) is 60.7 Å². The van der Waals surface area contributed by atoms with Gasteiger partial charge in [-0.2, -0.15) is 0 Å². The van der Waals surface area contributed by atoms with Gasteiger partial charge in [0.1, 0.15) is 23.7 Å². The first-order valence-corrected chi connectivity index (χ1v) is 11.1. The molecule has 0 saturated carbocycles. The zero-order chi connectivity index (χ0) is 24.6. The molecule has 1 heterocycles. The zero-order valence-electron chi connectivity index (χ0n) is 19.5. The second-order valence-corrected chi connectivity index (χ2v) is 7.92. The van der Waals surface area contributed by atoms with E-state index in [0.29, 0.717) is 22.8 Å². The summed E-state index contributed by atoms with van der Waals surface area (Å²) < 4.78 is 7.10. The fourth-order valence-electron chi connectivity index (χ4n) is 3.73. The van der Waals surface area contributed by atoms with Crippen LogP contribution in [0.4, 0.5) is 10.5 Å². The number of amides is 3. The van der Waals surface area contributed by atoms with E-state index in [9.17, 15) is 9.59 Å². The Labute approximate surface area is 204 Å². The van der Waals surface area contributed by atoms with Gasteiger partial charge in [0.25, 0.3) is 5.91 Å². The molecule has 2 unspecified atom stereocenters. The highest BCUT2D eigenvalue weighted by Crippen LogP contribution is 2.23.